The number of rotatable bonds is 11. The predicted molar refractivity (Wildman–Crippen MR) is 130 cm³/mol. The monoisotopic (exact) mass is 491 g/mol. The van der Waals surface area contributed by atoms with Crippen molar-refractivity contribution in [1.29, 1.82) is 0 Å². The smallest absolute Gasteiger partial charge is 0.238 e. The number of ether oxygens (including phenoxy) is 4. The van der Waals surface area contributed by atoms with Crippen LogP contribution in [-0.4, -0.2) is 93.6 Å². The van der Waals surface area contributed by atoms with E-state index < -0.39 is 11.9 Å². The van der Waals surface area contributed by atoms with E-state index in [0.717, 1.165) is 0 Å². The van der Waals surface area contributed by atoms with Crippen molar-refractivity contribution in [2.24, 2.45) is 0 Å². The number of carbonyl (C=O) groups excluding carboxylic acids is 1. The third kappa shape index (κ3) is 7.20. The summed E-state index contributed by atoms with van der Waals surface area (Å²) in [7, 11) is 4.56. The van der Waals surface area contributed by atoms with Crippen LogP contribution in [0.4, 0.5) is 10.1 Å². The van der Waals surface area contributed by atoms with Crippen LogP contribution in [0.2, 0.25) is 0 Å². The Balaban J connectivity index is 1.47. The number of halogens is 1. The number of anilines is 1. The Bertz CT molecular complexity index is 966. The van der Waals surface area contributed by atoms with Crippen molar-refractivity contribution in [1.82, 2.24) is 9.80 Å². The van der Waals surface area contributed by atoms with Crippen molar-refractivity contribution in [2.75, 3.05) is 66.0 Å². The number of hydrogen-bond acceptors (Lipinski definition) is 8. The van der Waals surface area contributed by atoms with E-state index in [9.17, 15) is 14.3 Å². The summed E-state index contributed by atoms with van der Waals surface area (Å²) in [5.74, 6) is 0.899. The number of methoxy groups -OCH3 is 3. The summed E-state index contributed by atoms with van der Waals surface area (Å²) in [6, 6.07) is 9.62. The second-order valence-electron chi connectivity index (χ2n) is 8.44. The van der Waals surface area contributed by atoms with Crippen molar-refractivity contribution in [3.8, 4) is 23.0 Å². The van der Waals surface area contributed by atoms with E-state index in [1.54, 1.807) is 24.3 Å². The number of piperazine rings is 1. The van der Waals surface area contributed by atoms with Crippen LogP contribution in [-0.2, 0) is 4.79 Å². The molecule has 2 unspecified atom stereocenters. The van der Waals surface area contributed by atoms with Gasteiger partial charge in [-0.2, -0.15) is 0 Å². The first kappa shape index (κ1) is 26.5. The molecule has 0 saturated carbocycles. The van der Waals surface area contributed by atoms with Gasteiger partial charge in [-0.3, -0.25) is 14.6 Å². The second kappa shape index (κ2) is 12.6. The summed E-state index contributed by atoms with van der Waals surface area (Å²) in [5.41, 5.74) is 0.550. The van der Waals surface area contributed by atoms with Crippen molar-refractivity contribution in [3.05, 3.63) is 42.2 Å². The van der Waals surface area contributed by atoms with Gasteiger partial charge in [0.15, 0.2) is 23.1 Å². The molecule has 1 amide bonds. The Morgan fingerprint density at radius 3 is 2.40 bits per heavy atom. The summed E-state index contributed by atoms with van der Waals surface area (Å²) in [6.45, 7) is 4.72. The molecule has 9 nitrogen and oxygen atoms in total. The minimum Gasteiger partial charge on any atom is -0.493 e. The highest BCUT2D eigenvalue weighted by atomic mass is 19.1. The molecule has 0 spiro atoms. The minimum absolute atomic E-state index is 0.00502. The number of carbonyl (C=O) groups is 1. The predicted octanol–water partition coefficient (Wildman–Crippen LogP) is 2.24. The lowest BCUT2D eigenvalue weighted by Gasteiger charge is -2.40. The number of nitrogens with zero attached hydrogens (tertiary/aromatic N) is 2. The minimum atomic E-state index is -0.757. The Morgan fingerprint density at radius 1 is 1.11 bits per heavy atom. The van der Waals surface area contributed by atoms with Crippen molar-refractivity contribution >= 4 is 11.6 Å². The number of aliphatic hydroxyl groups is 1. The molecular formula is C25H34FN3O6. The first-order valence-electron chi connectivity index (χ1n) is 11.5. The molecule has 3 rings (SSSR count). The quantitative estimate of drug-likeness (QED) is 0.495. The maximum atomic E-state index is 13.7. The molecule has 192 valence electrons. The van der Waals surface area contributed by atoms with Gasteiger partial charge in [0.2, 0.25) is 11.7 Å². The molecule has 1 heterocycles. The first-order valence-corrected chi connectivity index (χ1v) is 11.5. The van der Waals surface area contributed by atoms with Crippen LogP contribution in [0.5, 0.6) is 23.0 Å². The third-order valence-electron chi connectivity index (χ3n) is 5.88. The number of benzene rings is 2. The number of amides is 1. The average molecular weight is 492 g/mol. The molecule has 0 aliphatic carbocycles. The summed E-state index contributed by atoms with van der Waals surface area (Å²) < 4.78 is 35.1. The number of hydrogen-bond donors (Lipinski definition) is 2. The number of β-amino-alcohol motifs (C(OH)–C–C–N with tert-alkyl or cyclic N) is 1. The molecule has 10 heteroatoms. The lowest BCUT2D eigenvalue weighted by Crippen LogP contribution is -2.55. The van der Waals surface area contributed by atoms with Crippen LogP contribution in [0.15, 0.2) is 36.4 Å². The summed E-state index contributed by atoms with van der Waals surface area (Å²) >= 11 is 0. The van der Waals surface area contributed by atoms with Gasteiger partial charge in [-0.1, -0.05) is 12.1 Å². The lowest BCUT2D eigenvalue weighted by molar-refractivity contribution is -0.118. The average Bonchev–Trinajstić information content (AvgIpc) is 2.84. The summed E-state index contributed by atoms with van der Waals surface area (Å²) in [6.07, 6.45) is -0.757. The highest BCUT2D eigenvalue weighted by molar-refractivity contribution is 5.93. The van der Waals surface area contributed by atoms with Gasteiger partial charge in [-0.25, -0.2) is 4.39 Å². The van der Waals surface area contributed by atoms with E-state index in [4.69, 9.17) is 18.9 Å². The van der Waals surface area contributed by atoms with E-state index >= 15 is 0 Å². The zero-order chi connectivity index (χ0) is 25.4. The maximum Gasteiger partial charge on any atom is 0.238 e. The highest BCUT2D eigenvalue weighted by Crippen LogP contribution is 2.39. The SMILES string of the molecule is COc1cc(NC(=O)CN2CCN(CC(O)COc3ccccc3F)C(C)C2)cc(OC)c1OC. The van der Waals surface area contributed by atoms with Gasteiger partial charge in [0.1, 0.15) is 12.7 Å². The highest BCUT2D eigenvalue weighted by Gasteiger charge is 2.27. The van der Waals surface area contributed by atoms with Gasteiger partial charge in [0.05, 0.1) is 27.9 Å². The Labute approximate surface area is 205 Å². The zero-order valence-corrected chi connectivity index (χ0v) is 20.6. The topological polar surface area (TPSA) is 92.7 Å². The molecule has 1 fully saturated rings. The van der Waals surface area contributed by atoms with Gasteiger partial charge >= 0.3 is 0 Å². The normalized spacial score (nSPS) is 17.5. The molecule has 2 aromatic rings. The van der Waals surface area contributed by atoms with E-state index in [1.165, 1.54) is 33.5 Å². The van der Waals surface area contributed by atoms with Crippen LogP contribution >= 0.6 is 0 Å². The van der Waals surface area contributed by atoms with E-state index in [2.05, 4.69) is 15.1 Å². The fourth-order valence-corrected chi connectivity index (χ4v) is 4.11. The third-order valence-corrected chi connectivity index (χ3v) is 5.88. The number of para-hydroxylation sites is 1. The fraction of sp³-hybridized carbons (Fsp3) is 0.480. The van der Waals surface area contributed by atoms with Gasteiger partial charge in [-0.15, -0.1) is 0 Å². The Kier molecular flexibility index (Phi) is 9.53. The molecule has 2 aromatic carbocycles. The molecule has 2 N–H and O–H groups in total. The van der Waals surface area contributed by atoms with E-state index in [-0.39, 0.29) is 30.9 Å². The molecule has 0 bridgehead atoms. The molecule has 1 saturated heterocycles. The molecular weight excluding hydrogens is 457 g/mol. The largest absolute Gasteiger partial charge is 0.493 e. The summed E-state index contributed by atoms with van der Waals surface area (Å²) in [4.78, 5) is 16.9. The van der Waals surface area contributed by atoms with Gasteiger partial charge in [0, 0.05) is 50.0 Å². The van der Waals surface area contributed by atoms with Crippen molar-refractivity contribution in [2.45, 2.75) is 19.1 Å². The first-order chi connectivity index (χ1) is 16.8. The molecule has 1 aliphatic heterocycles. The molecule has 2 atom stereocenters. The second-order valence-corrected chi connectivity index (χ2v) is 8.44. The van der Waals surface area contributed by atoms with Crippen molar-refractivity contribution in [3.63, 3.8) is 0 Å². The van der Waals surface area contributed by atoms with Crippen LogP contribution in [0.1, 0.15) is 6.92 Å². The Morgan fingerprint density at radius 2 is 1.80 bits per heavy atom. The van der Waals surface area contributed by atoms with Gasteiger partial charge in [0.25, 0.3) is 0 Å². The van der Waals surface area contributed by atoms with E-state index in [0.29, 0.717) is 49.1 Å². The molecule has 0 aromatic heterocycles. The fourth-order valence-electron chi connectivity index (χ4n) is 4.11. The van der Waals surface area contributed by atoms with E-state index in [1.807, 2.05) is 6.92 Å². The van der Waals surface area contributed by atoms with Gasteiger partial charge < -0.3 is 29.4 Å². The standard InChI is InChI=1S/C25H34FN3O6/c1-17-13-28(9-10-29(17)14-19(30)16-35-21-8-6-5-7-20(21)26)15-24(31)27-18-11-22(32-2)25(34-4)23(12-18)33-3/h5-8,11-12,17,19,30H,9-10,13-16H2,1-4H3,(H,27,31). The number of nitrogens with one attached hydrogen (secondary N) is 1. The van der Waals surface area contributed by atoms with Crippen LogP contribution in [0.25, 0.3) is 0 Å². The van der Waals surface area contributed by atoms with Crippen LogP contribution < -0.4 is 24.3 Å². The Hall–Kier alpha value is -3.08. The van der Waals surface area contributed by atoms with Crippen molar-refractivity contribution < 1.29 is 33.2 Å². The number of aliphatic hydroxyl groups excluding tert-OH is 1. The maximum absolute atomic E-state index is 13.7. The molecule has 0 radical (unpaired) electrons. The van der Waals surface area contributed by atoms with Gasteiger partial charge in [-0.05, 0) is 19.1 Å². The van der Waals surface area contributed by atoms with Crippen LogP contribution in [0, 0.1) is 5.82 Å². The lowest BCUT2D eigenvalue weighted by atomic mass is 10.1. The molecule has 35 heavy (non-hydrogen) atoms. The summed E-state index contributed by atoms with van der Waals surface area (Å²) in [5, 5.41) is 13.3. The van der Waals surface area contributed by atoms with Crippen LogP contribution in [0.3, 0.4) is 0 Å². The zero-order valence-electron chi connectivity index (χ0n) is 20.6. The molecule has 1 aliphatic rings.